The SMILES string of the molecule is CN(C)C(=O)CN=C(NCCN1CCOCC1)N1CCC(NC(=O)OC(C)(C)C)C1.I. The first-order chi connectivity index (χ1) is 14.1. The molecule has 2 saturated heterocycles. The van der Waals surface area contributed by atoms with Crippen molar-refractivity contribution in [3.63, 3.8) is 0 Å². The highest BCUT2D eigenvalue weighted by atomic mass is 127. The molecule has 0 aromatic carbocycles. The number of nitrogens with zero attached hydrogens (tertiary/aromatic N) is 4. The molecule has 0 aromatic heterocycles. The molecule has 2 rings (SSSR count). The number of alkyl carbamates (subject to hydrolysis) is 1. The zero-order chi connectivity index (χ0) is 22.1. The Morgan fingerprint density at radius 2 is 1.87 bits per heavy atom. The summed E-state index contributed by atoms with van der Waals surface area (Å²) >= 11 is 0. The fraction of sp³-hybridized carbons (Fsp3) is 0.850. The molecule has 1 unspecified atom stereocenters. The molecule has 2 amide bonds. The van der Waals surface area contributed by atoms with Gasteiger partial charge in [0.05, 0.1) is 19.3 Å². The monoisotopic (exact) mass is 554 g/mol. The Balaban J connectivity index is 0.00000480. The van der Waals surface area contributed by atoms with Crippen LogP contribution in [0.25, 0.3) is 0 Å². The van der Waals surface area contributed by atoms with Gasteiger partial charge in [-0.1, -0.05) is 0 Å². The number of hydrogen-bond acceptors (Lipinski definition) is 6. The van der Waals surface area contributed by atoms with E-state index in [4.69, 9.17) is 9.47 Å². The van der Waals surface area contributed by atoms with Gasteiger partial charge in [-0.15, -0.1) is 24.0 Å². The number of likely N-dealkylation sites (N-methyl/N-ethyl adjacent to an activating group) is 1. The number of guanidine groups is 1. The van der Waals surface area contributed by atoms with E-state index in [1.807, 2.05) is 20.8 Å². The molecule has 2 fully saturated rings. The van der Waals surface area contributed by atoms with E-state index >= 15 is 0 Å². The van der Waals surface area contributed by atoms with Crippen molar-refractivity contribution in [3.8, 4) is 0 Å². The summed E-state index contributed by atoms with van der Waals surface area (Å²) in [5.41, 5.74) is -0.525. The highest BCUT2D eigenvalue weighted by Gasteiger charge is 2.28. The summed E-state index contributed by atoms with van der Waals surface area (Å²) in [5.74, 6) is 0.650. The summed E-state index contributed by atoms with van der Waals surface area (Å²) in [7, 11) is 3.44. The first-order valence-corrected chi connectivity index (χ1v) is 10.7. The number of morpholine rings is 1. The lowest BCUT2D eigenvalue weighted by molar-refractivity contribution is -0.127. The molecule has 0 radical (unpaired) electrons. The lowest BCUT2D eigenvalue weighted by Crippen LogP contribution is -2.47. The molecule has 0 spiro atoms. The van der Waals surface area contributed by atoms with Gasteiger partial charge in [0, 0.05) is 53.4 Å². The summed E-state index contributed by atoms with van der Waals surface area (Å²) < 4.78 is 10.7. The summed E-state index contributed by atoms with van der Waals surface area (Å²) in [6, 6.07) is -0.0179. The van der Waals surface area contributed by atoms with E-state index in [0.29, 0.717) is 12.5 Å². The molecule has 10 nitrogen and oxygen atoms in total. The molecule has 2 aliphatic rings. The number of amides is 2. The zero-order valence-corrected chi connectivity index (χ0v) is 21.8. The molecule has 2 N–H and O–H groups in total. The van der Waals surface area contributed by atoms with Gasteiger partial charge in [0.15, 0.2) is 5.96 Å². The number of likely N-dealkylation sites (tertiary alicyclic amines) is 1. The normalized spacial score (nSPS) is 20.1. The van der Waals surface area contributed by atoms with E-state index < -0.39 is 11.7 Å². The Morgan fingerprint density at radius 1 is 1.19 bits per heavy atom. The van der Waals surface area contributed by atoms with Crippen molar-refractivity contribution >= 4 is 41.9 Å². The van der Waals surface area contributed by atoms with Crippen LogP contribution in [0.1, 0.15) is 27.2 Å². The summed E-state index contributed by atoms with van der Waals surface area (Å²) in [6.45, 7) is 12.0. The second-order valence-electron chi connectivity index (χ2n) is 8.89. The smallest absolute Gasteiger partial charge is 0.407 e. The first kappa shape index (κ1) is 27.7. The van der Waals surface area contributed by atoms with Crippen LogP contribution in [-0.2, 0) is 14.3 Å². The number of halogens is 1. The molecular formula is C20H39IN6O4. The fourth-order valence-corrected chi connectivity index (χ4v) is 3.25. The minimum atomic E-state index is -0.525. The van der Waals surface area contributed by atoms with Gasteiger partial charge in [-0.2, -0.15) is 0 Å². The van der Waals surface area contributed by atoms with E-state index in [9.17, 15) is 9.59 Å². The number of nitrogens with one attached hydrogen (secondary N) is 2. The number of aliphatic imine (C=N–C) groups is 1. The Morgan fingerprint density at radius 3 is 2.48 bits per heavy atom. The van der Waals surface area contributed by atoms with Crippen LogP contribution >= 0.6 is 24.0 Å². The molecule has 2 heterocycles. The van der Waals surface area contributed by atoms with Crippen molar-refractivity contribution in [2.45, 2.75) is 38.8 Å². The first-order valence-electron chi connectivity index (χ1n) is 10.7. The number of ether oxygens (including phenoxy) is 2. The molecular weight excluding hydrogens is 515 g/mol. The summed E-state index contributed by atoms with van der Waals surface area (Å²) in [4.78, 5) is 34.6. The lowest BCUT2D eigenvalue weighted by atomic mass is 10.2. The minimum absolute atomic E-state index is 0. The van der Waals surface area contributed by atoms with E-state index in [2.05, 4.69) is 25.4 Å². The van der Waals surface area contributed by atoms with Crippen molar-refractivity contribution in [2.75, 3.05) is 73.1 Å². The molecule has 31 heavy (non-hydrogen) atoms. The maximum absolute atomic E-state index is 12.1. The van der Waals surface area contributed by atoms with Crippen molar-refractivity contribution in [3.05, 3.63) is 0 Å². The fourth-order valence-electron chi connectivity index (χ4n) is 3.25. The number of carbonyl (C=O) groups is 2. The second-order valence-corrected chi connectivity index (χ2v) is 8.89. The van der Waals surface area contributed by atoms with Gasteiger partial charge in [-0.25, -0.2) is 9.79 Å². The van der Waals surface area contributed by atoms with Crippen LogP contribution in [0.2, 0.25) is 0 Å². The zero-order valence-electron chi connectivity index (χ0n) is 19.5. The molecule has 2 aliphatic heterocycles. The van der Waals surface area contributed by atoms with Gasteiger partial charge in [0.1, 0.15) is 12.1 Å². The van der Waals surface area contributed by atoms with Crippen molar-refractivity contribution < 1.29 is 19.1 Å². The van der Waals surface area contributed by atoms with Gasteiger partial charge >= 0.3 is 6.09 Å². The summed E-state index contributed by atoms with van der Waals surface area (Å²) in [5, 5.41) is 6.32. The second kappa shape index (κ2) is 13.3. The third-order valence-corrected chi connectivity index (χ3v) is 4.89. The highest BCUT2D eigenvalue weighted by molar-refractivity contribution is 14.0. The molecule has 0 aliphatic carbocycles. The molecule has 180 valence electrons. The average molecular weight is 554 g/mol. The largest absolute Gasteiger partial charge is 0.444 e. The van der Waals surface area contributed by atoms with E-state index in [0.717, 1.165) is 52.4 Å². The van der Waals surface area contributed by atoms with Gasteiger partial charge in [-0.3, -0.25) is 9.69 Å². The van der Waals surface area contributed by atoms with Gasteiger partial charge in [0.2, 0.25) is 5.91 Å². The minimum Gasteiger partial charge on any atom is -0.444 e. The van der Waals surface area contributed by atoms with Crippen molar-refractivity contribution in [2.24, 2.45) is 4.99 Å². The molecule has 1 atom stereocenters. The van der Waals surface area contributed by atoms with Crippen LogP contribution in [-0.4, -0.2) is 117 Å². The van der Waals surface area contributed by atoms with E-state index in [1.165, 1.54) is 4.90 Å². The van der Waals surface area contributed by atoms with Crippen LogP contribution in [0.3, 0.4) is 0 Å². The highest BCUT2D eigenvalue weighted by Crippen LogP contribution is 2.12. The number of hydrogen-bond donors (Lipinski definition) is 2. The Hall–Kier alpha value is -1.34. The van der Waals surface area contributed by atoms with Crippen LogP contribution in [0.15, 0.2) is 4.99 Å². The van der Waals surface area contributed by atoms with Crippen LogP contribution < -0.4 is 10.6 Å². The predicted octanol–water partition coefficient (Wildman–Crippen LogP) is 0.569. The third-order valence-electron chi connectivity index (χ3n) is 4.89. The van der Waals surface area contributed by atoms with Crippen molar-refractivity contribution in [1.82, 2.24) is 25.3 Å². The van der Waals surface area contributed by atoms with Crippen molar-refractivity contribution in [1.29, 1.82) is 0 Å². The standard InChI is InChI=1S/C20H38N6O4.HI/c1-20(2,3)30-19(28)23-16-6-8-26(15-16)18(22-14-17(27)24(4)5)21-7-9-25-10-12-29-13-11-25;/h16H,6-15H2,1-5H3,(H,21,22)(H,23,28);1H. The topological polar surface area (TPSA) is 98.7 Å². The average Bonchev–Trinajstić information content (AvgIpc) is 3.11. The predicted molar refractivity (Wildman–Crippen MR) is 131 cm³/mol. The maximum atomic E-state index is 12.1. The van der Waals surface area contributed by atoms with E-state index in [-0.39, 0.29) is 42.5 Å². The molecule has 0 saturated carbocycles. The lowest BCUT2D eigenvalue weighted by Gasteiger charge is -2.28. The number of carbonyl (C=O) groups excluding carboxylic acids is 2. The molecule has 0 bridgehead atoms. The Labute approximate surface area is 203 Å². The maximum Gasteiger partial charge on any atom is 0.407 e. The van der Waals surface area contributed by atoms with Gasteiger partial charge in [0.25, 0.3) is 0 Å². The van der Waals surface area contributed by atoms with Crippen LogP contribution in [0.4, 0.5) is 4.79 Å². The van der Waals surface area contributed by atoms with Crippen LogP contribution in [0, 0.1) is 0 Å². The van der Waals surface area contributed by atoms with E-state index in [1.54, 1.807) is 14.1 Å². The Bertz CT molecular complexity index is 605. The van der Waals surface area contributed by atoms with Gasteiger partial charge in [-0.05, 0) is 27.2 Å². The number of rotatable bonds is 6. The quantitative estimate of drug-likeness (QED) is 0.282. The molecule has 11 heteroatoms. The van der Waals surface area contributed by atoms with Crippen LogP contribution in [0.5, 0.6) is 0 Å². The van der Waals surface area contributed by atoms with Gasteiger partial charge < -0.3 is 29.9 Å². The molecule has 0 aromatic rings. The Kier molecular flexibility index (Phi) is 11.8. The third kappa shape index (κ3) is 10.7. The summed E-state index contributed by atoms with van der Waals surface area (Å²) in [6.07, 6.45) is 0.390.